The molecule has 17 heavy (non-hydrogen) atoms. The molecule has 1 atom stereocenters. The summed E-state index contributed by atoms with van der Waals surface area (Å²) in [5.41, 5.74) is 0.893. The van der Waals surface area contributed by atoms with Crippen LogP contribution >= 0.6 is 15.9 Å². The van der Waals surface area contributed by atoms with Crippen LogP contribution in [-0.2, 0) is 11.3 Å². The molecule has 0 amide bonds. The normalized spacial score (nSPS) is 24.9. The molecule has 0 saturated carbocycles. The maximum Gasteiger partial charge on any atom is 0.137 e. The van der Waals surface area contributed by atoms with E-state index in [1.807, 2.05) is 0 Å². The van der Waals surface area contributed by atoms with Crippen LogP contribution in [0.4, 0.5) is 4.39 Å². The molecule has 1 heterocycles. The molecule has 1 aromatic rings. The molecule has 94 valence electrons. The van der Waals surface area contributed by atoms with E-state index in [-0.39, 0.29) is 11.4 Å². The fourth-order valence-corrected chi connectivity index (χ4v) is 2.46. The van der Waals surface area contributed by atoms with E-state index in [9.17, 15) is 4.39 Å². The van der Waals surface area contributed by atoms with E-state index in [2.05, 4.69) is 28.2 Å². The van der Waals surface area contributed by atoms with Gasteiger partial charge in [-0.15, -0.1) is 0 Å². The van der Waals surface area contributed by atoms with E-state index in [1.54, 1.807) is 12.1 Å². The molecule has 0 aliphatic carbocycles. The lowest BCUT2D eigenvalue weighted by Gasteiger charge is -2.34. The summed E-state index contributed by atoms with van der Waals surface area (Å²) in [4.78, 5) is 0. The number of piperidine rings is 1. The molecule has 1 saturated heterocycles. The first kappa shape index (κ1) is 13.0. The molecule has 1 unspecified atom stereocenters. The van der Waals surface area contributed by atoms with E-state index >= 15 is 0 Å². The Morgan fingerprint density at radius 3 is 3.00 bits per heavy atom. The number of hydrogen-bond donors (Lipinski definition) is 1. The second kappa shape index (κ2) is 5.46. The smallest absolute Gasteiger partial charge is 0.137 e. The Balaban J connectivity index is 1.94. The minimum absolute atomic E-state index is 0.0981. The van der Waals surface area contributed by atoms with Gasteiger partial charge in [-0.1, -0.05) is 6.07 Å². The zero-order chi connectivity index (χ0) is 12.3. The van der Waals surface area contributed by atoms with Crippen molar-refractivity contribution in [2.75, 3.05) is 13.1 Å². The lowest BCUT2D eigenvalue weighted by atomic mass is 9.96. The van der Waals surface area contributed by atoms with Gasteiger partial charge in [-0.2, -0.15) is 0 Å². The van der Waals surface area contributed by atoms with E-state index in [0.717, 1.165) is 31.5 Å². The van der Waals surface area contributed by atoms with E-state index in [1.165, 1.54) is 6.07 Å². The van der Waals surface area contributed by atoms with Crippen LogP contribution in [0.15, 0.2) is 22.7 Å². The highest BCUT2D eigenvalue weighted by Gasteiger charge is 2.27. The molecule has 2 rings (SSSR count). The van der Waals surface area contributed by atoms with Crippen molar-refractivity contribution < 1.29 is 9.13 Å². The summed E-state index contributed by atoms with van der Waals surface area (Å²) in [5.74, 6) is -0.237. The summed E-state index contributed by atoms with van der Waals surface area (Å²) in [6.07, 6.45) is 2.21. The first-order chi connectivity index (χ1) is 8.09. The Labute approximate surface area is 110 Å². The molecule has 0 bridgehead atoms. The Morgan fingerprint density at radius 1 is 1.53 bits per heavy atom. The van der Waals surface area contributed by atoms with Gasteiger partial charge in [-0.3, -0.25) is 0 Å². The summed E-state index contributed by atoms with van der Waals surface area (Å²) in [6.45, 7) is 4.60. The molecule has 0 spiro atoms. The third-order valence-corrected chi connectivity index (χ3v) is 3.74. The predicted molar refractivity (Wildman–Crippen MR) is 69.4 cm³/mol. The SMILES string of the molecule is CC1(OCc2ccc(F)c(Br)c2)CCCNC1. The third kappa shape index (κ3) is 3.50. The molecule has 0 radical (unpaired) electrons. The first-order valence-corrected chi connectivity index (χ1v) is 6.67. The zero-order valence-electron chi connectivity index (χ0n) is 9.93. The number of halogens is 2. The van der Waals surface area contributed by atoms with E-state index in [4.69, 9.17) is 4.74 Å². The molecule has 1 aromatic carbocycles. The van der Waals surface area contributed by atoms with Gasteiger partial charge in [0.25, 0.3) is 0 Å². The van der Waals surface area contributed by atoms with Crippen LogP contribution in [0.5, 0.6) is 0 Å². The Kier molecular flexibility index (Phi) is 4.17. The molecule has 1 aliphatic heterocycles. The van der Waals surface area contributed by atoms with E-state index < -0.39 is 0 Å². The van der Waals surface area contributed by atoms with Crippen molar-refractivity contribution in [1.82, 2.24) is 5.32 Å². The fourth-order valence-electron chi connectivity index (χ4n) is 2.04. The fraction of sp³-hybridized carbons (Fsp3) is 0.538. The van der Waals surface area contributed by atoms with Crippen LogP contribution in [-0.4, -0.2) is 18.7 Å². The van der Waals surface area contributed by atoms with Crippen LogP contribution in [0.1, 0.15) is 25.3 Å². The molecule has 1 N–H and O–H groups in total. The average Bonchev–Trinajstić information content (AvgIpc) is 2.32. The topological polar surface area (TPSA) is 21.3 Å². The average molecular weight is 302 g/mol. The molecular weight excluding hydrogens is 285 g/mol. The summed E-state index contributed by atoms with van der Waals surface area (Å²) < 4.78 is 19.5. The Bertz CT molecular complexity index is 391. The van der Waals surface area contributed by atoms with Gasteiger partial charge in [0.15, 0.2) is 0 Å². The van der Waals surface area contributed by atoms with Crippen LogP contribution in [0, 0.1) is 5.82 Å². The van der Waals surface area contributed by atoms with Crippen LogP contribution in [0.3, 0.4) is 0 Å². The largest absolute Gasteiger partial charge is 0.369 e. The Hall–Kier alpha value is -0.450. The van der Waals surface area contributed by atoms with Crippen molar-refractivity contribution >= 4 is 15.9 Å². The van der Waals surface area contributed by atoms with Crippen molar-refractivity contribution in [3.63, 3.8) is 0 Å². The quantitative estimate of drug-likeness (QED) is 0.925. The summed E-state index contributed by atoms with van der Waals surface area (Å²) in [6, 6.07) is 5.00. The number of benzene rings is 1. The standard InChI is InChI=1S/C13H17BrFNO/c1-13(5-2-6-16-9-13)17-8-10-3-4-12(15)11(14)7-10/h3-4,7,16H,2,5-6,8-9H2,1H3. The number of ether oxygens (including phenoxy) is 1. The van der Waals surface area contributed by atoms with Crippen LogP contribution in [0.25, 0.3) is 0 Å². The lowest BCUT2D eigenvalue weighted by Crippen LogP contribution is -2.45. The third-order valence-electron chi connectivity index (χ3n) is 3.13. The molecule has 4 heteroatoms. The molecule has 0 aromatic heterocycles. The minimum atomic E-state index is -0.237. The maximum atomic E-state index is 13.1. The highest BCUT2D eigenvalue weighted by molar-refractivity contribution is 9.10. The second-order valence-electron chi connectivity index (χ2n) is 4.77. The van der Waals surface area contributed by atoms with E-state index in [0.29, 0.717) is 11.1 Å². The highest BCUT2D eigenvalue weighted by Crippen LogP contribution is 2.23. The van der Waals surface area contributed by atoms with Gasteiger partial charge in [0.2, 0.25) is 0 Å². The monoisotopic (exact) mass is 301 g/mol. The van der Waals surface area contributed by atoms with Crippen LogP contribution < -0.4 is 5.32 Å². The van der Waals surface area contributed by atoms with Gasteiger partial charge in [0, 0.05) is 6.54 Å². The van der Waals surface area contributed by atoms with Crippen molar-refractivity contribution in [2.24, 2.45) is 0 Å². The van der Waals surface area contributed by atoms with Crippen molar-refractivity contribution in [2.45, 2.75) is 32.0 Å². The highest BCUT2D eigenvalue weighted by atomic mass is 79.9. The predicted octanol–water partition coefficient (Wildman–Crippen LogP) is 3.25. The number of nitrogens with one attached hydrogen (secondary N) is 1. The summed E-state index contributed by atoms with van der Waals surface area (Å²) >= 11 is 3.18. The van der Waals surface area contributed by atoms with Gasteiger partial charge < -0.3 is 10.1 Å². The molecule has 1 aliphatic rings. The van der Waals surface area contributed by atoms with Gasteiger partial charge in [0.05, 0.1) is 16.7 Å². The number of rotatable bonds is 3. The lowest BCUT2D eigenvalue weighted by molar-refractivity contribution is -0.0571. The summed E-state index contributed by atoms with van der Waals surface area (Å²) in [5, 5.41) is 3.34. The molecule has 1 fully saturated rings. The zero-order valence-corrected chi connectivity index (χ0v) is 11.5. The van der Waals surface area contributed by atoms with Crippen LogP contribution in [0.2, 0.25) is 0 Å². The van der Waals surface area contributed by atoms with Gasteiger partial charge >= 0.3 is 0 Å². The van der Waals surface area contributed by atoms with Crippen molar-refractivity contribution in [3.8, 4) is 0 Å². The Morgan fingerprint density at radius 2 is 2.35 bits per heavy atom. The van der Waals surface area contributed by atoms with Gasteiger partial charge in [-0.25, -0.2) is 4.39 Å². The van der Waals surface area contributed by atoms with Gasteiger partial charge in [0.1, 0.15) is 5.82 Å². The van der Waals surface area contributed by atoms with Gasteiger partial charge in [-0.05, 0) is 59.9 Å². The van der Waals surface area contributed by atoms with Crippen molar-refractivity contribution in [1.29, 1.82) is 0 Å². The van der Waals surface area contributed by atoms with Crippen molar-refractivity contribution in [3.05, 3.63) is 34.1 Å². The number of hydrogen-bond acceptors (Lipinski definition) is 2. The second-order valence-corrected chi connectivity index (χ2v) is 5.62. The molecule has 2 nitrogen and oxygen atoms in total. The minimum Gasteiger partial charge on any atom is -0.369 e. The first-order valence-electron chi connectivity index (χ1n) is 5.88. The summed E-state index contributed by atoms with van der Waals surface area (Å²) in [7, 11) is 0. The molecular formula is C13H17BrFNO. The maximum absolute atomic E-state index is 13.1.